The zero-order valence-corrected chi connectivity index (χ0v) is 11.9. The average Bonchev–Trinajstić information content (AvgIpc) is 2.40. The summed E-state index contributed by atoms with van der Waals surface area (Å²) in [6.45, 7) is 2.30. The van der Waals surface area contributed by atoms with Crippen LogP contribution in [0.25, 0.3) is 0 Å². The van der Waals surface area contributed by atoms with Crippen molar-refractivity contribution in [2.45, 2.75) is 6.92 Å². The van der Waals surface area contributed by atoms with Crippen LogP contribution in [0.2, 0.25) is 0 Å². The molecule has 1 aromatic carbocycles. The summed E-state index contributed by atoms with van der Waals surface area (Å²) in [6.07, 6.45) is 1.49. The lowest BCUT2D eigenvalue weighted by molar-refractivity contribution is 0.0988. The normalized spacial score (nSPS) is 10.3. The number of hydrogen-bond acceptors (Lipinski definition) is 2. The van der Waals surface area contributed by atoms with Gasteiger partial charge in [-0.05, 0) is 53.2 Å². The molecule has 0 atom stereocenters. The molecule has 2 rings (SSSR count). The molecule has 98 valence electrons. The molecule has 0 unspecified atom stereocenters. The molecule has 3 nitrogen and oxygen atoms in total. The van der Waals surface area contributed by atoms with Crippen LogP contribution in [-0.2, 0) is 0 Å². The Labute approximate surface area is 119 Å². The van der Waals surface area contributed by atoms with Crippen molar-refractivity contribution in [2.24, 2.45) is 0 Å². The highest BCUT2D eigenvalue weighted by atomic mass is 79.9. The van der Waals surface area contributed by atoms with Crippen molar-refractivity contribution in [3.63, 3.8) is 0 Å². The van der Waals surface area contributed by atoms with Crippen LogP contribution in [0.4, 0.5) is 10.1 Å². The maximum absolute atomic E-state index is 13.2. The molecular weight excluding hydrogens is 311 g/mol. The van der Waals surface area contributed by atoms with E-state index in [1.807, 2.05) is 6.92 Å². The van der Waals surface area contributed by atoms with Crippen molar-refractivity contribution in [2.75, 3.05) is 11.4 Å². The van der Waals surface area contributed by atoms with E-state index >= 15 is 0 Å². The molecule has 0 aliphatic heterocycles. The van der Waals surface area contributed by atoms with Crippen LogP contribution in [0, 0.1) is 5.82 Å². The van der Waals surface area contributed by atoms with Crippen molar-refractivity contribution in [1.29, 1.82) is 0 Å². The number of aromatic nitrogens is 1. The first-order valence-corrected chi connectivity index (χ1v) is 6.60. The first-order valence-electron chi connectivity index (χ1n) is 5.81. The van der Waals surface area contributed by atoms with Gasteiger partial charge in [-0.25, -0.2) is 9.37 Å². The largest absolute Gasteiger partial charge is 0.308 e. The van der Waals surface area contributed by atoms with E-state index in [1.54, 1.807) is 24.3 Å². The van der Waals surface area contributed by atoms with Crippen molar-refractivity contribution >= 4 is 27.5 Å². The fourth-order valence-electron chi connectivity index (χ4n) is 1.75. The van der Waals surface area contributed by atoms with Crippen LogP contribution in [0.15, 0.2) is 47.2 Å². The van der Waals surface area contributed by atoms with Crippen LogP contribution in [0.1, 0.15) is 17.3 Å². The second kappa shape index (κ2) is 5.93. The van der Waals surface area contributed by atoms with Gasteiger partial charge in [-0.15, -0.1) is 0 Å². The van der Waals surface area contributed by atoms with Crippen LogP contribution >= 0.6 is 15.9 Å². The third-order valence-corrected chi connectivity index (χ3v) is 3.12. The Bertz CT molecular complexity index is 586. The third-order valence-electron chi connectivity index (χ3n) is 2.66. The topological polar surface area (TPSA) is 33.2 Å². The van der Waals surface area contributed by atoms with Gasteiger partial charge in [0.1, 0.15) is 10.4 Å². The fourth-order valence-corrected chi connectivity index (χ4v) is 1.98. The highest BCUT2D eigenvalue weighted by Gasteiger charge is 2.16. The van der Waals surface area contributed by atoms with Crippen LogP contribution in [0.5, 0.6) is 0 Å². The summed E-state index contributed by atoms with van der Waals surface area (Å²) in [5, 5.41) is 0. The fraction of sp³-hybridized carbons (Fsp3) is 0.143. The number of anilines is 1. The summed E-state index contributed by atoms with van der Waals surface area (Å²) in [6, 6.07) is 9.36. The van der Waals surface area contributed by atoms with Gasteiger partial charge in [0.15, 0.2) is 0 Å². The summed E-state index contributed by atoms with van der Waals surface area (Å²) < 4.78 is 13.9. The van der Waals surface area contributed by atoms with Gasteiger partial charge in [0.25, 0.3) is 5.91 Å². The number of carbonyl (C=O) groups is 1. The predicted octanol–water partition coefficient (Wildman–Crippen LogP) is 3.65. The lowest BCUT2D eigenvalue weighted by atomic mass is 10.2. The second-order valence-electron chi connectivity index (χ2n) is 3.90. The number of benzene rings is 1. The molecule has 1 heterocycles. The second-order valence-corrected chi connectivity index (χ2v) is 4.71. The molecule has 1 amide bonds. The van der Waals surface area contributed by atoms with Gasteiger partial charge in [-0.3, -0.25) is 4.79 Å². The number of halogens is 2. The standard InChI is InChI=1S/C14H12BrFN2O/c1-2-18(12-5-3-4-11(16)8-12)14(19)10-6-7-13(15)17-9-10/h3-9H,2H2,1H3. The number of carbonyl (C=O) groups excluding carboxylic acids is 1. The number of amides is 1. The van der Waals surface area contributed by atoms with Crippen molar-refractivity contribution in [3.8, 4) is 0 Å². The molecule has 0 saturated heterocycles. The molecule has 5 heteroatoms. The first kappa shape index (κ1) is 13.7. The molecule has 0 radical (unpaired) electrons. The van der Waals surface area contributed by atoms with Crippen LogP contribution in [-0.4, -0.2) is 17.4 Å². The zero-order valence-electron chi connectivity index (χ0n) is 10.3. The van der Waals surface area contributed by atoms with E-state index in [1.165, 1.54) is 23.2 Å². The summed E-state index contributed by atoms with van der Waals surface area (Å²) in [7, 11) is 0. The highest BCUT2D eigenvalue weighted by Crippen LogP contribution is 2.18. The average molecular weight is 323 g/mol. The van der Waals surface area contributed by atoms with Crippen LogP contribution in [0.3, 0.4) is 0 Å². The van der Waals surface area contributed by atoms with E-state index in [4.69, 9.17) is 0 Å². The number of nitrogens with zero attached hydrogens (tertiary/aromatic N) is 2. The smallest absolute Gasteiger partial charge is 0.259 e. The maximum atomic E-state index is 13.2. The molecule has 0 aliphatic carbocycles. The summed E-state index contributed by atoms with van der Waals surface area (Å²) >= 11 is 3.22. The van der Waals surface area contributed by atoms with Gasteiger partial charge in [-0.1, -0.05) is 6.07 Å². The Balaban J connectivity index is 2.31. The quantitative estimate of drug-likeness (QED) is 0.808. The van der Waals surface area contributed by atoms with Crippen LogP contribution < -0.4 is 4.90 Å². The monoisotopic (exact) mass is 322 g/mol. The Morgan fingerprint density at radius 3 is 2.74 bits per heavy atom. The van der Waals surface area contributed by atoms with Gasteiger partial charge >= 0.3 is 0 Å². The molecule has 0 bridgehead atoms. The Hall–Kier alpha value is -1.75. The molecule has 19 heavy (non-hydrogen) atoms. The lowest BCUT2D eigenvalue weighted by Crippen LogP contribution is -2.30. The summed E-state index contributed by atoms with van der Waals surface area (Å²) in [5.41, 5.74) is 1.00. The summed E-state index contributed by atoms with van der Waals surface area (Å²) in [5.74, 6) is -0.564. The van der Waals surface area contributed by atoms with Gasteiger partial charge in [-0.2, -0.15) is 0 Å². The van der Waals surface area contributed by atoms with E-state index < -0.39 is 0 Å². The highest BCUT2D eigenvalue weighted by molar-refractivity contribution is 9.10. The molecule has 0 spiro atoms. The minimum Gasteiger partial charge on any atom is -0.308 e. The molecule has 0 N–H and O–H groups in total. The van der Waals surface area contributed by atoms with Gasteiger partial charge < -0.3 is 4.90 Å². The molecule has 2 aromatic rings. The van der Waals surface area contributed by atoms with Crippen molar-refractivity contribution in [3.05, 3.63) is 58.6 Å². The first-order chi connectivity index (χ1) is 9.11. The van der Waals surface area contributed by atoms with E-state index in [9.17, 15) is 9.18 Å². The molecule has 1 aromatic heterocycles. The van der Waals surface area contributed by atoms with E-state index in [-0.39, 0.29) is 11.7 Å². The molecular formula is C14H12BrFN2O. The number of pyridine rings is 1. The molecule has 0 fully saturated rings. The predicted molar refractivity (Wildman–Crippen MR) is 75.7 cm³/mol. The zero-order chi connectivity index (χ0) is 13.8. The van der Waals surface area contributed by atoms with E-state index in [2.05, 4.69) is 20.9 Å². The summed E-state index contributed by atoms with van der Waals surface area (Å²) in [4.78, 5) is 17.9. The Kier molecular flexibility index (Phi) is 4.27. The minimum atomic E-state index is -0.363. The SMILES string of the molecule is CCN(C(=O)c1ccc(Br)nc1)c1cccc(F)c1. The van der Waals surface area contributed by atoms with Crippen molar-refractivity contribution < 1.29 is 9.18 Å². The lowest BCUT2D eigenvalue weighted by Gasteiger charge is -2.21. The molecule has 0 saturated carbocycles. The van der Waals surface area contributed by atoms with E-state index in [0.717, 1.165) is 0 Å². The molecule has 0 aliphatic rings. The number of hydrogen-bond donors (Lipinski definition) is 0. The van der Waals surface area contributed by atoms with Gasteiger partial charge in [0, 0.05) is 18.4 Å². The van der Waals surface area contributed by atoms with Gasteiger partial charge in [0.2, 0.25) is 0 Å². The van der Waals surface area contributed by atoms with E-state index in [0.29, 0.717) is 22.4 Å². The van der Waals surface area contributed by atoms with Gasteiger partial charge in [0.05, 0.1) is 5.56 Å². The third kappa shape index (κ3) is 3.17. The minimum absolute atomic E-state index is 0.201. The maximum Gasteiger partial charge on any atom is 0.259 e. The van der Waals surface area contributed by atoms with Crippen molar-refractivity contribution in [1.82, 2.24) is 4.98 Å². The number of rotatable bonds is 3. The Morgan fingerprint density at radius 1 is 1.37 bits per heavy atom. The Morgan fingerprint density at radius 2 is 2.16 bits per heavy atom.